The summed E-state index contributed by atoms with van der Waals surface area (Å²) in [6.07, 6.45) is 3.63. The van der Waals surface area contributed by atoms with Crippen LogP contribution in [0.1, 0.15) is 41.6 Å². The third kappa shape index (κ3) is 4.17. The van der Waals surface area contributed by atoms with E-state index in [4.69, 9.17) is 0 Å². The molecule has 1 aliphatic rings. The molecule has 0 heterocycles. The van der Waals surface area contributed by atoms with E-state index in [9.17, 15) is 4.79 Å². The minimum atomic E-state index is 0.0621. The Bertz CT molecular complexity index is 693. The van der Waals surface area contributed by atoms with E-state index in [1.807, 2.05) is 0 Å². The van der Waals surface area contributed by atoms with Crippen molar-refractivity contribution in [1.29, 1.82) is 0 Å². The normalized spacial score (nSPS) is 14.3. The van der Waals surface area contributed by atoms with E-state index in [2.05, 4.69) is 61.6 Å². The topological polar surface area (TPSA) is 29.1 Å². The van der Waals surface area contributed by atoms with Crippen LogP contribution in [-0.2, 0) is 17.6 Å². The molecule has 2 aromatic carbocycles. The highest BCUT2D eigenvalue weighted by molar-refractivity contribution is 8.00. The summed E-state index contributed by atoms with van der Waals surface area (Å²) in [5, 5.41) is 3.11. The molecule has 0 bridgehead atoms. The number of hydrogen-bond acceptors (Lipinski definition) is 2. The zero-order valence-corrected chi connectivity index (χ0v) is 14.6. The first-order valence-corrected chi connectivity index (χ1v) is 9.21. The minimum absolute atomic E-state index is 0.0621. The third-order valence-electron chi connectivity index (χ3n) is 4.39. The number of nitrogens with one attached hydrogen (secondary N) is 1. The van der Waals surface area contributed by atoms with E-state index in [-0.39, 0.29) is 11.9 Å². The molecule has 1 aliphatic carbocycles. The number of hydrogen-bond donors (Lipinski definition) is 1. The molecule has 0 saturated carbocycles. The Morgan fingerprint density at radius 1 is 1.13 bits per heavy atom. The molecule has 0 spiro atoms. The maximum absolute atomic E-state index is 12.2. The Labute approximate surface area is 142 Å². The fourth-order valence-corrected chi connectivity index (χ4v) is 3.72. The summed E-state index contributed by atoms with van der Waals surface area (Å²) in [4.78, 5) is 13.3. The zero-order chi connectivity index (χ0) is 16.2. The van der Waals surface area contributed by atoms with Crippen LogP contribution in [0.25, 0.3) is 0 Å². The van der Waals surface area contributed by atoms with Crippen LogP contribution in [0.5, 0.6) is 0 Å². The predicted octanol–water partition coefficient (Wildman–Crippen LogP) is 4.45. The molecule has 1 N–H and O–H groups in total. The van der Waals surface area contributed by atoms with Crippen molar-refractivity contribution in [2.24, 2.45) is 0 Å². The van der Waals surface area contributed by atoms with Gasteiger partial charge in [0.15, 0.2) is 0 Å². The van der Waals surface area contributed by atoms with Crippen LogP contribution < -0.4 is 5.32 Å². The van der Waals surface area contributed by atoms with Gasteiger partial charge < -0.3 is 5.32 Å². The fourth-order valence-electron chi connectivity index (χ4n) is 3.01. The van der Waals surface area contributed by atoms with E-state index in [1.165, 1.54) is 41.5 Å². The van der Waals surface area contributed by atoms with Gasteiger partial charge in [0, 0.05) is 4.90 Å². The first kappa shape index (κ1) is 16.1. The highest BCUT2D eigenvalue weighted by Crippen LogP contribution is 2.25. The van der Waals surface area contributed by atoms with Crippen molar-refractivity contribution in [1.82, 2.24) is 5.32 Å². The van der Waals surface area contributed by atoms with Crippen molar-refractivity contribution < 1.29 is 4.79 Å². The van der Waals surface area contributed by atoms with Gasteiger partial charge >= 0.3 is 0 Å². The molecule has 2 nitrogen and oxygen atoms in total. The van der Waals surface area contributed by atoms with Gasteiger partial charge in [-0.1, -0.05) is 35.9 Å². The van der Waals surface area contributed by atoms with Gasteiger partial charge in [-0.25, -0.2) is 0 Å². The molecule has 0 aliphatic heterocycles. The van der Waals surface area contributed by atoms with Crippen molar-refractivity contribution in [3.05, 3.63) is 64.7 Å². The van der Waals surface area contributed by atoms with Gasteiger partial charge in [-0.15, -0.1) is 11.8 Å². The minimum Gasteiger partial charge on any atom is -0.349 e. The molecular formula is C20H23NOS. The number of benzene rings is 2. The summed E-state index contributed by atoms with van der Waals surface area (Å²) in [5.41, 5.74) is 5.38. The second kappa shape index (κ2) is 7.22. The molecule has 120 valence electrons. The van der Waals surface area contributed by atoms with E-state index >= 15 is 0 Å². The molecule has 0 aromatic heterocycles. The molecule has 23 heavy (non-hydrogen) atoms. The van der Waals surface area contributed by atoms with Crippen molar-refractivity contribution in [2.45, 2.75) is 44.0 Å². The summed E-state index contributed by atoms with van der Waals surface area (Å²) < 4.78 is 0. The molecule has 1 atom stereocenters. The molecule has 3 heteroatoms. The second-order valence-corrected chi connectivity index (χ2v) is 7.32. The fraction of sp³-hybridized carbons (Fsp3) is 0.350. The quantitative estimate of drug-likeness (QED) is 0.823. The van der Waals surface area contributed by atoms with E-state index in [0.717, 1.165) is 4.90 Å². The lowest BCUT2D eigenvalue weighted by molar-refractivity contribution is -0.119. The molecule has 0 fully saturated rings. The lowest BCUT2D eigenvalue weighted by Gasteiger charge is -2.15. The Morgan fingerprint density at radius 2 is 1.87 bits per heavy atom. The maximum Gasteiger partial charge on any atom is 0.230 e. The van der Waals surface area contributed by atoms with Gasteiger partial charge in [-0.3, -0.25) is 4.79 Å². The van der Waals surface area contributed by atoms with Crippen LogP contribution in [0.15, 0.2) is 47.4 Å². The average molecular weight is 325 g/mol. The summed E-state index contributed by atoms with van der Waals surface area (Å²) in [6.45, 7) is 4.13. The van der Waals surface area contributed by atoms with E-state index in [0.29, 0.717) is 5.75 Å². The van der Waals surface area contributed by atoms with Crippen LogP contribution in [0, 0.1) is 6.92 Å². The standard InChI is InChI=1S/C20H23NOS/c1-14-6-10-19(11-7-14)23-13-20(22)21-15(2)17-9-8-16-4-3-5-18(16)12-17/h6-12,15H,3-5,13H2,1-2H3,(H,21,22)/t15-/m0/s1. The lowest BCUT2D eigenvalue weighted by Crippen LogP contribution is -2.28. The predicted molar refractivity (Wildman–Crippen MR) is 96.9 cm³/mol. The average Bonchev–Trinajstić information content (AvgIpc) is 3.02. The van der Waals surface area contributed by atoms with Gasteiger partial charge in [0.25, 0.3) is 0 Å². The van der Waals surface area contributed by atoms with Crippen LogP contribution in [0.3, 0.4) is 0 Å². The third-order valence-corrected chi connectivity index (χ3v) is 5.40. The molecule has 0 saturated heterocycles. The molecule has 0 radical (unpaired) electrons. The second-order valence-electron chi connectivity index (χ2n) is 6.27. The first-order chi connectivity index (χ1) is 11.1. The van der Waals surface area contributed by atoms with Gasteiger partial charge in [0.05, 0.1) is 11.8 Å². The molecule has 2 aromatic rings. The monoisotopic (exact) mass is 325 g/mol. The highest BCUT2D eigenvalue weighted by atomic mass is 32.2. The van der Waals surface area contributed by atoms with Crippen LogP contribution in [-0.4, -0.2) is 11.7 Å². The first-order valence-electron chi connectivity index (χ1n) is 8.22. The summed E-state index contributed by atoms with van der Waals surface area (Å²) in [7, 11) is 0. The van der Waals surface area contributed by atoms with E-state index < -0.39 is 0 Å². The number of aryl methyl sites for hydroxylation is 3. The number of fused-ring (bicyclic) bond motifs is 1. The Balaban J connectivity index is 1.54. The number of amides is 1. The zero-order valence-electron chi connectivity index (χ0n) is 13.8. The van der Waals surface area contributed by atoms with Crippen LogP contribution >= 0.6 is 11.8 Å². The van der Waals surface area contributed by atoms with Crippen molar-refractivity contribution in [3.63, 3.8) is 0 Å². The molecule has 3 rings (SSSR count). The Kier molecular flexibility index (Phi) is 5.06. The van der Waals surface area contributed by atoms with E-state index in [1.54, 1.807) is 11.8 Å². The largest absolute Gasteiger partial charge is 0.349 e. The maximum atomic E-state index is 12.2. The summed E-state index contributed by atoms with van der Waals surface area (Å²) in [6, 6.07) is 15.0. The summed E-state index contributed by atoms with van der Waals surface area (Å²) >= 11 is 1.58. The van der Waals surface area contributed by atoms with Gasteiger partial charge in [0.2, 0.25) is 5.91 Å². The lowest BCUT2D eigenvalue weighted by atomic mass is 10.0. The SMILES string of the molecule is Cc1ccc(SCC(=O)N[C@@H](C)c2ccc3c(c2)CCC3)cc1. The summed E-state index contributed by atoms with van der Waals surface area (Å²) in [5.74, 6) is 0.543. The van der Waals surface area contributed by atoms with Gasteiger partial charge in [-0.2, -0.15) is 0 Å². The highest BCUT2D eigenvalue weighted by Gasteiger charge is 2.15. The number of carbonyl (C=O) groups is 1. The van der Waals surface area contributed by atoms with Crippen molar-refractivity contribution >= 4 is 17.7 Å². The number of rotatable bonds is 5. The smallest absolute Gasteiger partial charge is 0.230 e. The Morgan fingerprint density at radius 3 is 2.65 bits per heavy atom. The molecule has 1 amide bonds. The van der Waals surface area contributed by atoms with Crippen molar-refractivity contribution in [2.75, 3.05) is 5.75 Å². The van der Waals surface area contributed by atoms with Crippen LogP contribution in [0.4, 0.5) is 0 Å². The van der Waals surface area contributed by atoms with Gasteiger partial charge in [-0.05, 0) is 61.9 Å². The molecular weight excluding hydrogens is 302 g/mol. The number of thioether (sulfide) groups is 1. The van der Waals surface area contributed by atoms with Gasteiger partial charge in [0.1, 0.15) is 0 Å². The van der Waals surface area contributed by atoms with Crippen LogP contribution in [0.2, 0.25) is 0 Å². The Hall–Kier alpha value is -1.74. The molecule has 0 unspecified atom stereocenters. The van der Waals surface area contributed by atoms with Crippen molar-refractivity contribution in [3.8, 4) is 0 Å². The number of carbonyl (C=O) groups excluding carboxylic acids is 1.